The summed E-state index contributed by atoms with van der Waals surface area (Å²) in [6.45, 7) is 1.58. The number of hydrogen-bond acceptors (Lipinski definition) is 7. The molecule has 0 spiro atoms. The molecule has 1 aromatic carbocycles. The van der Waals surface area contributed by atoms with E-state index in [1.54, 1.807) is 18.6 Å². The predicted octanol–water partition coefficient (Wildman–Crippen LogP) is 2.38. The maximum absolute atomic E-state index is 12.6. The average Bonchev–Trinajstić information content (AvgIpc) is 3.24. The summed E-state index contributed by atoms with van der Waals surface area (Å²) in [4.78, 5) is 23.2. The minimum absolute atomic E-state index is 0.0185. The van der Waals surface area contributed by atoms with Crippen LogP contribution in [0.4, 0.5) is 11.5 Å². The fraction of sp³-hybridized carbons (Fsp3) is 0.278. The number of anilines is 2. The first kappa shape index (κ1) is 16.2. The van der Waals surface area contributed by atoms with Crippen molar-refractivity contribution in [3.63, 3.8) is 0 Å². The number of hydrogen-bond donors (Lipinski definition) is 1. The van der Waals surface area contributed by atoms with E-state index in [0.29, 0.717) is 5.89 Å². The zero-order valence-corrected chi connectivity index (χ0v) is 14.1. The van der Waals surface area contributed by atoms with Crippen LogP contribution in [0.5, 0.6) is 0 Å². The molecule has 1 amide bonds. The van der Waals surface area contributed by atoms with Gasteiger partial charge in [-0.25, -0.2) is 4.98 Å². The Kier molecular flexibility index (Phi) is 4.55. The molecule has 1 saturated heterocycles. The highest BCUT2D eigenvalue weighted by atomic mass is 16.4. The molecule has 132 valence electrons. The number of carbonyl (C=O) groups excluding carboxylic acids is 1. The first-order chi connectivity index (χ1) is 12.8. The van der Waals surface area contributed by atoms with E-state index >= 15 is 0 Å². The Labute approximate surface area is 150 Å². The van der Waals surface area contributed by atoms with Crippen molar-refractivity contribution in [2.45, 2.75) is 12.8 Å². The molecule has 0 aliphatic carbocycles. The van der Waals surface area contributed by atoms with Gasteiger partial charge in [-0.2, -0.15) is 0 Å². The van der Waals surface area contributed by atoms with Gasteiger partial charge in [-0.3, -0.25) is 9.78 Å². The number of benzene rings is 1. The molecule has 3 aromatic rings. The van der Waals surface area contributed by atoms with Gasteiger partial charge in [0.15, 0.2) is 0 Å². The molecule has 0 bridgehead atoms. The van der Waals surface area contributed by atoms with Gasteiger partial charge in [-0.05, 0) is 31.0 Å². The third kappa shape index (κ3) is 3.53. The van der Waals surface area contributed by atoms with Crippen LogP contribution in [0.3, 0.4) is 0 Å². The normalized spacial score (nSPS) is 15.0. The number of rotatable bonds is 4. The summed E-state index contributed by atoms with van der Waals surface area (Å²) < 4.78 is 5.20. The van der Waals surface area contributed by atoms with Crippen molar-refractivity contribution in [3.8, 4) is 11.5 Å². The molecule has 0 unspecified atom stereocenters. The van der Waals surface area contributed by atoms with Gasteiger partial charge in [-0.1, -0.05) is 6.07 Å². The van der Waals surface area contributed by atoms with Crippen LogP contribution < -0.4 is 10.2 Å². The highest BCUT2D eigenvalue weighted by Gasteiger charge is 2.25. The van der Waals surface area contributed by atoms with Crippen LogP contribution in [0.1, 0.15) is 12.8 Å². The van der Waals surface area contributed by atoms with Crippen LogP contribution in [-0.4, -0.2) is 39.2 Å². The Morgan fingerprint density at radius 3 is 2.85 bits per heavy atom. The molecule has 1 N–H and O–H groups in total. The van der Waals surface area contributed by atoms with Crippen LogP contribution in [0.2, 0.25) is 0 Å². The van der Waals surface area contributed by atoms with Gasteiger partial charge in [0.2, 0.25) is 18.2 Å². The van der Waals surface area contributed by atoms with Gasteiger partial charge in [0, 0.05) is 42.7 Å². The van der Waals surface area contributed by atoms with Gasteiger partial charge < -0.3 is 14.6 Å². The maximum Gasteiger partial charge on any atom is 0.247 e. The molecular formula is C18H18N6O2. The highest BCUT2D eigenvalue weighted by Crippen LogP contribution is 2.24. The molecule has 0 saturated carbocycles. The third-order valence-corrected chi connectivity index (χ3v) is 4.48. The van der Waals surface area contributed by atoms with Gasteiger partial charge in [-0.15, -0.1) is 10.2 Å². The SMILES string of the molecule is O=C(Nc1cccc(-c2nnco2)c1)C1CCN(c2cnccn2)CC1. The van der Waals surface area contributed by atoms with E-state index in [9.17, 15) is 4.79 Å². The van der Waals surface area contributed by atoms with E-state index < -0.39 is 0 Å². The lowest BCUT2D eigenvalue weighted by molar-refractivity contribution is -0.120. The number of carbonyl (C=O) groups is 1. The summed E-state index contributed by atoms with van der Waals surface area (Å²) in [5.74, 6) is 1.30. The van der Waals surface area contributed by atoms with E-state index in [1.807, 2.05) is 24.3 Å². The van der Waals surface area contributed by atoms with Crippen molar-refractivity contribution < 1.29 is 9.21 Å². The molecule has 2 aromatic heterocycles. The van der Waals surface area contributed by atoms with E-state index in [4.69, 9.17) is 4.42 Å². The Hall–Kier alpha value is -3.29. The summed E-state index contributed by atoms with van der Waals surface area (Å²) in [7, 11) is 0. The molecule has 3 heterocycles. The van der Waals surface area contributed by atoms with Gasteiger partial charge in [0.1, 0.15) is 5.82 Å². The molecule has 0 radical (unpaired) electrons. The number of nitrogens with one attached hydrogen (secondary N) is 1. The Balaban J connectivity index is 1.37. The van der Waals surface area contributed by atoms with E-state index in [2.05, 4.69) is 30.4 Å². The highest BCUT2D eigenvalue weighted by molar-refractivity contribution is 5.93. The summed E-state index contributed by atoms with van der Waals surface area (Å²) in [6, 6.07) is 7.40. The van der Waals surface area contributed by atoms with E-state index in [-0.39, 0.29) is 11.8 Å². The standard InChI is InChI=1S/C18H18N6O2/c25-17(13-4-8-24(9-5-13)16-11-19-6-7-20-16)22-15-3-1-2-14(10-15)18-23-21-12-26-18/h1-3,6-7,10-13H,4-5,8-9H2,(H,22,25). The molecule has 0 atom stereocenters. The molecule has 4 rings (SSSR count). The Morgan fingerprint density at radius 1 is 1.23 bits per heavy atom. The number of nitrogens with zero attached hydrogens (tertiary/aromatic N) is 5. The number of aromatic nitrogens is 4. The van der Waals surface area contributed by atoms with E-state index in [1.165, 1.54) is 6.39 Å². The molecule has 1 fully saturated rings. The molecule has 1 aliphatic heterocycles. The lowest BCUT2D eigenvalue weighted by Crippen LogP contribution is -2.38. The van der Waals surface area contributed by atoms with Crippen molar-refractivity contribution in [3.05, 3.63) is 49.2 Å². The van der Waals surface area contributed by atoms with E-state index in [0.717, 1.165) is 43.0 Å². The second-order valence-electron chi connectivity index (χ2n) is 6.14. The smallest absolute Gasteiger partial charge is 0.247 e. The summed E-state index contributed by atoms with van der Waals surface area (Å²) >= 11 is 0. The van der Waals surface area contributed by atoms with Gasteiger partial charge in [0.05, 0.1) is 6.20 Å². The van der Waals surface area contributed by atoms with Gasteiger partial charge in [0.25, 0.3) is 0 Å². The second kappa shape index (κ2) is 7.30. The van der Waals surface area contributed by atoms with Crippen molar-refractivity contribution in [1.29, 1.82) is 0 Å². The maximum atomic E-state index is 12.6. The molecule has 1 aliphatic rings. The zero-order chi connectivity index (χ0) is 17.8. The molecule has 8 nitrogen and oxygen atoms in total. The molecule has 26 heavy (non-hydrogen) atoms. The first-order valence-electron chi connectivity index (χ1n) is 8.48. The minimum Gasteiger partial charge on any atom is -0.423 e. The quantitative estimate of drug-likeness (QED) is 0.771. The third-order valence-electron chi connectivity index (χ3n) is 4.48. The molecule has 8 heteroatoms. The summed E-state index contributed by atoms with van der Waals surface area (Å²) in [5.41, 5.74) is 1.50. The topological polar surface area (TPSA) is 97.0 Å². The second-order valence-corrected chi connectivity index (χ2v) is 6.14. The van der Waals surface area contributed by atoms with Crippen LogP contribution in [0.25, 0.3) is 11.5 Å². The first-order valence-corrected chi connectivity index (χ1v) is 8.48. The summed E-state index contributed by atoms with van der Waals surface area (Å²) in [5, 5.41) is 10.6. The predicted molar refractivity (Wildman–Crippen MR) is 95.3 cm³/mol. The number of amides is 1. The minimum atomic E-state index is -0.0185. The Morgan fingerprint density at radius 2 is 2.12 bits per heavy atom. The average molecular weight is 350 g/mol. The monoisotopic (exact) mass is 350 g/mol. The van der Waals surface area contributed by atoms with Crippen LogP contribution in [0, 0.1) is 5.92 Å². The van der Waals surface area contributed by atoms with Crippen LogP contribution in [0.15, 0.2) is 53.7 Å². The van der Waals surface area contributed by atoms with Crippen molar-refractivity contribution >= 4 is 17.4 Å². The van der Waals surface area contributed by atoms with Crippen molar-refractivity contribution in [2.75, 3.05) is 23.3 Å². The summed E-state index contributed by atoms with van der Waals surface area (Å²) in [6.07, 6.45) is 7.95. The largest absolute Gasteiger partial charge is 0.423 e. The van der Waals surface area contributed by atoms with Crippen LogP contribution >= 0.6 is 0 Å². The van der Waals surface area contributed by atoms with Gasteiger partial charge >= 0.3 is 0 Å². The zero-order valence-electron chi connectivity index (χ0n) is 14.1. The Bertz CT molecular complexity index is 860. The fourth-order valence-corrected chi connectivity index (χ4v) is 3.10. The fourth-order valence-electron chi connectivity index (χ4n) is 3.10. The van der Waals surface area contributed by atoms with Crippen molar-refractivity contribution in [2.24, 2.45) is 5.92 Å². The van der Waals surface area contributed by atoms with Crippen LogP contribution in [-0.2, 0) is 4.79 Å². The van der Waals surface area contributed by atoms with Crippen molar-refractivity contribution in [1.82, 2.24) is 20.2 Å². The molecular weight excluding hydrogens is 332 g/mol. The lowest BCUT2D eigenvalue weighted by Gasteiger charge is -2.31. The number of piperidine rings is 1. The lowest BCUT2D eigenvalue weighted by atomic mass is 9.96.